The van der Waals surface area contributed by atoms with Crippen LogP contribution in [0.3, 0.4) is 0 Å². The number of urea groups is 1. The normalized spacial score (nSPS) is 14.5. The van der Waals surface area contributed by atoms with Crippen molar-refractivity contribution in [2.24, 2.45) is 26.9 Å². The Labute approximate surface area is 240 Å². The zero-order chi connectivity index (χ0) is 30.1. The van der Waals surface area contributed by atoms with Crippen molar-refractivity contribution in [3.05, 3.63) is 89.5 Å². The molecule has 0 spiro atoms. The molecule has 13 heteroatoms. The highest BCUT2D eigenvalue weighted by atomic mass is 19.4. The Hall–Kier alpha value is -4.94. The van der Waals surface area contributed by atoms with Gasteiger partial charge >= 0.3 is 12.4 Å². The lowest BCUT2D eigenvalue weighted by atomic mass is 9.84. The van der Waals surface area contributed by atoms with Gasteiger partial charge in [0.1, 0.15) is 5.75 Å². The topological polar surface area (TPSA) is 148 Å². The van der Waals surface area contributed by atoms with Gasteiger partial charge in [-0.05, 0) is 66.3 Å². The molecule has 0 saturated heterocycles. The minimum atomic E-state index is -4.87. The molecule has 4 rings (SSSR count). The number of halogens is 3. The van der Waals surface area contributed by atoms with Crippen LogP contribution in [0.25, 0.3) is 0 Å². The summed E-state index contributed by atoms with van der Waals surface area (Å²) >= 11 is 0. The summed E-state index contributed by atoms with van der Waals surface area (Å²) in [5.74, 6) is 3.87. The van der Waals surface area contributed by atoms with E-state index in [1.807, 2.05) is 24.3 Å². The quantitative estimate of drug-likeness (QED) is 0.0939. The van der Waals surface area contributed by atoms with E-state index in [4.69, 9.17) is 11.6 Å². The fourth-order valence-corrected chi connectivity index (χ4v) is 4.79. The van der Waals surface area contributed by atoms with Gasteiger partial charge in [0.05, 0.1) is 6.54 Å². The molecule has 1 fully saturated rings. The summed E-state index contributed by atoms with van der Waals surface area (Å²) in [5, 5.41) is 8.91. The number of nitrogens with one attached hydrogen (secondary N) is 1. The summed E-state index contributed by atoms with van der Waals surface area (Å²) in [5.41, 5.74) is 8.25. The molecule has 5 N–H and O–H groups in total. The van der Waals surface area contributed by atoms with E-state index in [1.165, 1.54) is 54.0 Å². The Morgan fingerprint density at radius 1 is 0.976 bits per heavy atom. The third-order valence-electron chi connectivity index (χ3n) is 6.76. The van der Waals surface area contributed by atoms with Crippen molar-refractivity contribution in [2.75, 3.05) is 10.2 Å². The van der Waals surface area contributed by atoms with Crippen molar-refractivity contribution < 1.29 is 27.5 Å². The Kier molecular flexibility index (Phi) is 9.73. The van der Waals surface area contributed by atoms with Gasteiger partial charge in [-0.15, -0.1) is 13.2 Å². The van der Waals surface area contributed by atoms with Crippen LogP contribution in [0.1, 0.15) is 59.5 Å². The van der Waals surface area contributed by atoms with Crippen LogP contribution in [0.4, 0.5) is 29.3 Å². The van der Waals surface area contributed by atoms with Crippen molar-refractivity contribution in [1.29, 1.82) is 0 Å². The molecule has 0 bridgehead atoms. The number of carbonyl (C=O) groups excluding carboxylic acids is 2. The molecule has 220 valence electrons. The van der Waals surface area contributed by atoms with E-state index >= 15 is 0 Å². The van der Waals surface area contributed by atoms with Gasteiger partial charge in [-0.25, -0.2) is 4.79 Å². The summed E-state index contributed by atoms with van der Waals surface area (Å²) in [6.45, 7) is 0.0919. The molecule has 0 atom stereocenters. The molecule has 0 heterocycles. The van der Waals surface area contributed by atoms with Crippen molar-refractivity contribution >= 4 is 29.3 Å². The van der Waals surface area contributed by atoms with Crippen molar-refractivity contribution in [2.45, 2.75) is 50.9 Å². The van der Waals surface area contributed by atoms with E-state index in [0.717, 1.165) is 25.0 Å². The largest absolute Gasteiger partial charge is 0.573 e. The number of nitrogens with zero attached hydrogens (tertiary/aromatic N) is 4. The van der Waals surface area contributed by atoms with Crippen LogP contribution in [0.2, 0.25) is 0 Å². The maximum atomic E-state index is 13.5. The lowest BCUT2D eigenvalue weighted by Gasteiger charge is -2.26. The van der Waals surface area contributed by atoms with Crippen molar-refractivity contribution in [1.82, 2.24) is 0 Å². The number of carbonyl (C=O) groups is 2. The SMILES string of the molecule is N/N=N\C(N)=NC(=O)c1ccc(CN(C(=O)Nc2cccc(OC(F)(F)F)c2)c2ccc(C3CCCCC3)cc2)cc1. The van der Waals surface area contributed by atoms with Crippen LogP contribution >= 0.6 is 0 Å². The van der Waals surface area contributed by atoms with Gasteiger partial charge in [-0.3, -0.25) is 9.69 Å². The molecule has 1 aliphatic carbocycles. The summed E-state index contributed by atoms with van der Waals surface area (Å²) in [4.78, 5) is 30.8. The van der Waals surface area contributed by atoms with E-state index in [0.29, 0.717) is 17.2 Å². The highest BCUT2D eigenvalue weighted by Gasteiger charge is 2.31. The molecule has 0 unspecified atom stereocenters. The summed E-state index contributed by atoms with van der Waals surface area (Å²) < 4.78 is 42.1. The number of hydrogen-bond acceptors (Lipinski definition) is 4. The number of hydrogen-bond donors (Lipinski definition) is 3. The van der Waals surface area contributed by atoms with E-state index in [-0.39, 0.29) is 17.8 Å². The molecule has 1 saturated carbocycles. The number of amides is 3. The van der Waals surface area contributed by atoms with Crippen LogP contribution in [0.5, 0.6) is 5.75 Å². The van der Waals surface area contributed by atoms with Crippen molar-refractivity contribution in [3.63, 3.8) is 0 Å². The predicted octanol–water partition coefficient (Wildman–Crippen LogP) is 6.65. The number of anilines is 2. The van der Waals surface area contributed by atoms with E-state index in [2.05, 4.69) is 25.4 Å². The molecule has 1 aliphatic rings. The van der Waals surface area contributed by atoms with Crippen LogP contribution in [0, 0.1) is 0 Å². The van der Waals surface area contributed by atoms with E-state index in [9.17, 15) is 22.8 Å². The first-order chi connectivity index (χ1) is 20.1. The lowest BCUT2D eigenvalue weighted by molar-refractivity contribution is -0.274. The summed E-state index contributed by atoms with van der Waals surface area (Å²) in [6.07, 6.45) is 0.983. The zero-order valence-corrected chi connectivity index (χ0v) is 22.6. The molecule has 42 heavy (non-hydrogen) atoms. The fourth-order valence-electron chi connectivity index (χ4n) is 4.79. The predicted molar refractivity (Wildman–Crippen MR) is 152 cm³/mol. The first kappa shape index (κ1) is 30.0. The highest BCUT2D eigenvalue weighted by molar-refractivity contribution is 6.03. The number of guanidine groups is 1. The second-order valence-corrected chi connectivity index (χ2v) is 9.71. The number of alkyl halides is 3. The van der Waals surface area contributed by atoms with Gasteiger partial charge in [-0.1, -0.05) is 59.9 Å². The lowest BCUT2D eigenvalue weighted by Crippen LogP contribution is -2.34. The second-order valence-electron chi connectivity index (χ2n) is 9.71. The monoisotopic (exact) mass is 581 g/mol. The third-order valence-corrected chi connectivity index (χ3v) is 6.76. The molecule has 3 aromatic carbocycles. The fraction of sp³-hybridized carbons (Fsp3) is 0.276. The minimum Gasteiger partial charge on any atom is -0.406 e. The van der Waals surface area contributed by atoms with Crippen LogP contribution < -0.4 is 26.5 Å². The highest BCUT2D eigenvalue weighted by Crippen LogP contribution is 2.34. The number of ether oxygens (including phenoxy) is 1. The van der Waals surface area contributed by atoms with Gasteiger partial charge in [0.15, 0.2) is 0 Å². The number of benzene rings is 3. The van der Waals surface area contributed by atoms with Gasteiger partial charge in [0, 0.05) is 23.0 Å². The van der Waals surface area contributed by atoms with Gasteiger partial charge in [-0.2, -0.15) is 4.99 Å². The average Bonchev–Trinajstić information content (AvgIpc) is 2.96. The maximum Gasteiger partial charge on any atom is 0.573 e. The molecular formula is C29H30F3N7O3. The Morgan fingerprint density at radius 3 is 2.31 bits per heavy atom. The molecule has 3 amide bonds. The van der Waals surface area contributed by atoms with E-state index in [1.54, 1.807) is 12.1 Å². The van der Waals surface area contributed by atoms with Crippen LogP contribution in [0.15, 0.2) is 88.1 Å². The summed E-state index contributed by atoms with van der Waals surface area (Å²) in [7, 11) is 0. The Bertz CT molecular complexity index is 1440. The van der Waals surface area contributed by atoms with E-state index < -0.39 is 30.0 Å². The Morgan fingerprint density at radius 2 is 1.67 bits per heavy atom. The second kappa shape index (κ2) is 13.6. The molecule has 0 aliphatic heterocycles. The first-order valence-corrected chi connectivity index (χ1v) is 13.2. The molecule has 0 aromatic heterocycles. The molecular weight excluding hydrogens is 551 g/mol. The number of rotatable bonds is 7. The van der Waals surface area contributed by atoms with Gasteiger partial charge in [0.25, 0.3) is 5.91 Å². The number of nitrogens with two attached hydrogens (primary N) is 2. The zero-order valence-electron chi connectivity index (χ0n) is 22.6. The minimum absolute atomic E-state index is 0.0919. The van der Waals surface area contributed by atoms with Crippen LogP contribution in [-0.2, 0) is 6.54 Å². The standard InChI is InChI=1S/C29H30F3N7O3/c30-29(31,32)42-25-8-4-7-23(17-25)35-28(41)39(24-15-13-21(14-16-24)20-5-2-1-3-6-20)18-19-9-11-22(12-10-19)26(40)36-27(33)37-38-34/h4,7-17,20H,1-3,5-6,18H2,(H,35,41)(H4,33,34,36,37,40). The smallest absolute Gasteiger partial charge is 0.406 e. The van der Waals surface area contributed by atoms with Crippen molar-refractivity contribution in [3.8, 4) is 5.75 Å². The van der Waals surface area contributed by atoms with Gasteiger partial charge in [0.2, 0.25) is 5.96 Å². The third kappa shape index (κ3) is 8.53. The molecule has 3 aromatic rings. The number of aliphatic imine (C=N–C) groups is 1. The average molecular weight is 582 g/mol. The molecule has 0 radical (unpaired) electrons. The summed E-state index contributed by atoms with van der Waals surface area (Å²) in [6, 6.07) is 18.5. The Balaban J connectivity index is 1.57. The van der Waals surface area contributed by atoms with Crippen LogP contribution in [-0.4, -0.2) is 24.3 Å². The van der Waals surface area contributed by atoms with Gasteiger partial charge < -0.3 is 21.6 Å². The maximum absolute atomic E-state index is 13.5. The first-order valence-electron chi connectivity index (χ1n) is 13.2. The molecule has 10 nitrogen and oxygen atoms in total.